The monoisotopic (exact) mass is 262 g/mol. The first-order chi connectivity index (χ1) is 8.65. The lowest BCUT2D eigenvalue weighted by molar-refractivity contribution is 0.242. The van der Waals surface area contributed by atoms with Gasteiger partial charge in [-0.15, -0.1) is 0 Å². The molecule has 94 valence electrons. The Labute approximate surface area is 110 Å². The number of ether oxygens (including phenoxy) is 1. The summed E-state index contributed by atoms with van der Waals surface area (Å²) < 4.78 is 7.56. The minimum absolute atomic E-state index is 0.152. The van der Waals surface area contributed by atoms with Crippen molar-refractivity contribution in [2.45, 2.75) is 20.0 Å². The van der Waals surface area contributed by atoms with Crippen LogP contribution in [0, 0.1) is 4.77 Å². The van der Waals surface area contributed by atoms with Gasteiger partial charge in [-0.1, -0.05) is 12.1 Å². The van der Waals surface area contributed by atoms with Crippen LogP contribution in [0.15, 0.2) is 35.7 Å². The number of benzene rings is 1. The molecule has 0 aliphatic heterocycles. The fraction of sp³-hybridized carbons (Fsp3) is 0.250. The Balaban J connectivity index is 2.17. The highest BCUT2D eigenvalue weighted by Crippen LogP contribution is 2.13. The molecule has 0 saturated heterocycles. The zero-order valence-electron chi connectivity index (χ0n) is 10.2. The first-order valence-electron chi connectivity index (χ1n) is 5.58. The quantitative estimate of drug-likeness (QED) is 0.680. The molecule has 0 atom stereocenters. The van der Waals surface area contributed by atoms with Gasteiger partial charge in [-0.2, -0.15) is 14.9 Å². The Morgan fingerprint density at radius 3 is 3.00 bits per heavy atom. The molecule has 0 unspecified atom stereocenters. The fourth-order valence-electron chi connectivity index (χ4n) is 1.39. The molecule has 2 aromatic rings. The van der Waals surface area contributed by atoms with Gasteiger partial charge in [-0.3, -0.25) is 5.10 Å². The average molecular weight is 262 g/mol. The molecule has 0 saturated carbocycles. The van der Waals surface area contributed by atoms with Gasteiger partial charge in [0.15, 0.2) is 0 Å². The number of nitrogens with one attached hydrogen (secondary N) is 1. The second-order valence-corrected chi connectivity index (χ2v) is 4.38. The summed E-state index contributed by atoms with van der Waals surface area (Å²) in [6.07, 6.45) is 3.38. The van der Waals surface area contributed by atoms with E-state index in [0.29, 0.717) is 4.77 Å². The summed E-state index contributed by atoms with van der Waals surface area (Å²) in [6.45, 7) is 3.98. The third-order valence-electron chi connectivity index (χ3n) is 2.10. The second-order valence-electron chi connectivity index (χ2n) is 3.99. The highest BCUT2D eigenvalue weighted by molar-refractivity contribution is 7.71. The van der Waals surface area contributed by atoms with Gasteiger partial charge < -0.3 is 4.74 Å². The maximum Gasteiger partial charge on any atom is 0.216 e. The molecule has 5 nitrogen and oxygen atoms in total. The Morgan fingerprint density at radius 2 is 2.33 bits per heavy atom. The van der Waals surface area contributed by atoms with Crippen molar-refractivity contribution in [1.82, 2.24) is 14.9 Å². The zero-order chi connectivity index (χ0) is 13.0. The van der Waals surface area contributed by atoms with Gasteiger partial charge in [0.25, 0.3) is 0 Å². The molecule has 0 bridgehead atoms. The highest BCUT2D eigenvalue weighted by atomic mass is 32.1. The van der Waals surface area contributed by atoms with Gasteiger partial charge in [0.05, 0.1) is 12.3 Å². The van der Waals surface area contributed by atoms with Crippen LogP contribution in [0.2, 0.25) is 0 Å². The van der Waals surface area contributed by atoms with Crippen LogP contribution in [0.4, 0.5) is 0 Å². The molecule has 2 rings (SSSR count). The third-order valence-corrected chi connectivity index (χ3v) is 2.37. The van der Waals surface area contributed by atoms with Crippen LogP contribution >= 0.6 is 12.2 Å². The van der Waals surface area contributed by atoms with Crippen LogP contribution in [0.25, 0.3) is 0 Å². The van der Waals surface area contributed by atoms with Crippen LogP contribution in [0.3, 0.4) is 0 Å². The second kappa shape index (κ2) is 5.59. The Kier molecular flexibility index (Phi) is 3.88. The van der Waals surface area contributed by atoms with Gasteiger partial charge in [0.2, 0.25) is 4.77 Å². The van der Waals surface area contributed by atoms with E-state index < -0.39 is 0 Å². The predicted octanol–water partition coefficient (Wildman–Crippen LogP) is 2.61. The van der Waals surface area contributed by atoms with Crippen molar-refractivity contribution < 1.29 is 4.74 Å². The van der Waals surface area contributed by atoms with E-state index in [1.165, 1.54) is 11.0 Å². The molecular weight excluding hydrogens is 248 g/mol. The summed E-state index contributed by atoms with van der Waals surface area (Å²) in [7, 11) is 0. The zero-order valence-corrected chi connectivity index (χ0v) is 11.0. The molecule has 0 fully saturated rings. The molecule has 0 amide bonds. The fourth-order valence-corrected chi connectivity index (χ4v) is 1.54. The van der Waals surface area contributed by atoms with E-state index in [1.807, 2.05) is 38.1 Å². The standard InChI is InChI=1S/C12H14N4OS/c1-9(2)17-11-5-3-4-10(6-11)7-14-16-8-13-15-12(16)18/h3-9H,1-2H3,(H,15,18)/b14-7+. The molecule has 0 radical (unpaired) electrons. The van der Waals surface area contributed by atoms with Crippen LogP contribution in [0.5, 0.6) is 5.75 Å². The number of hydrogen-bond donors (Lipinski definition) is 1. The van der Waals surface area contributed by atoms with E-state index >= 15 is 0 Å². The largest absolute Gasteiger partial charge is 0.491 e. The lowest BCUT2D eigenvalue weighted by Crippen LogP contribution is -2.05. The summed E-state index contributed by atoms with van der Waals surface area (Å²) in [5.41, 5.74) is 0.941. The Morgan fingerprint density at radius 1 is 1.50 bits per heavy atom. The molecule has 6 heteroatoms. The first kappa shape index (κ1) is 12.5. The third kappa shape index (κ3) is 3.27. The molecule has 0 aliphatic carbocycles. The van der Waals surface area contributed by atoms with Crippen molar-refractivity contribution in [3.05, 3.63) is 40.9 Å². The summed E-state index contributed by atoms with van der Waals surface area (Å²) in [5.74, 6) is 0.824. The van der Waals surface area contributed by atoms with Gasteiger partial charge >= 0.3 is 0 Å². The van der Waals surface area contributed by atoms with Gasteiger partial charge in [0, 0.05) is 0 Å². The number of aromatic nitrogens is 3. The predicted molar refractivity (Wildman–Crippen MR) is 72.6 cm³/mol. The van der Waals surface area contributed by atoms with Gasteiger partial charge in [-0.05, 0) is 43.8 Å². The van der Waals surface area contributed by atoms with Crippen molar-refractivity contribution in [2.24, 2.45) is 5.10 Å². The Hall–Kier alpha value is -1.95. The van der Waals surface area contributed by atoms with Crippen molar-refractivity contribution >= 4 is 18.4 Å². The van der Waals surface area contributed by atoms with Crippen LogP contribution < -0.4 is 4.74 Å². The van der Waals surface area contributed by atoms with Crippen molar-refractivity contribution in [1.29, 1.82) is 0 Å². The lowest BCUT2D eigenvalue weighted by atomic mass is 10.2. The Bertz CT molecular complexity index is 600. The van der Waals surface area contributed by atoms with Crippen LogP contribution in [0.1, 0.15) is 19.4 Å². The molecule has 0 aliphatic rings. The number of nitrogens with zero attached hydrogens (tertiary/aromatic N) is 3. The van der Waals surface area contributed by atoms with Crippen molar-refractivity contribution in [3.63, 3.8) is 0 Å². The molecule has 18 heavy (non-hydrogen) atoms. The summed E-state index contributed by atoms with van der Waals surface area (Å²) >= 11 is 4.99. The van der Waals surface area contributed by atoms with E-state index in [-0.39, 0.29) is 6.10 Å². The number of rotatable bonds is 4. The molecule has 1 aromatic carbocycles. The summed E-state index contributed by atoms with van der Waals surface area (Å²) in [6, 6.07) is 7.71. The number of hydrogen-bond acceptors (Lipinski definition) is 4. The van der Waals surface area contributed by atoms with Crippen molar-refractivity contribution in [2.75, 3.05) is 0 Å². The van der Waals surface area contributed by atoms with Gasteiger partial charge in [0.1, 0.15) is 12.1 Å². The highest BCUT2D eigenvalue weighted by Gasteiger charge is 1.98. The van der Waals surface area contributed by atoms with E-state index in [2.05, 4.69) is 15.3 Å². The number of H-pyrrole nitrogens is 1. The maximum absolute atomic E-state index is 5.61. The molecule has 1 heterocycles. The first-order valence-corrected chi connectivity index (χ1v) is 5.99. The van der Waals surface area contributed by atoms with E-state index in [1.54, 1.807) is 6.21 Å². The van der Waals surface area contributed by atoms with Crippen molar-refractivity contribution in [3.8, 4) is 5.75 Å². The van der Waals surface area contributed by atoms with Crippen LogP contribution in [-0.4, -0.2) is 27.2 Å². The maximum atomic E-state index is 5.61. The van der Waals surface area contributed by atoms with E-state index in [0.717, 1.165) is 11.3 Å². The normalized spacial score (nSPS) is 11.3. The molecular formula is C12H14N4OS. The summed E-state index contributed by atoms with van der Waals surface area (Å²) in [5, 5.41) is 10.6. The lowest BCUT2D eigenvalue weighted by Gasteiger charge is -2.09. The molecule has 1 N–H and O–H groups in total. The molecule has 0 spiro atoms. The smallest absolute Gasteiger partial charge is 0.216 e. The minimum Gasteiger partial charge on any atom is -0.491 e. The summed E-state index contributed by atoms with van der Waals surface area (Å²) in [4.78, 5) is 0. The number of aromatic amines is 1. The molecule has 1 aromatic heterocycles. The SMILES string of the molecule is CC(C)Oc1cccc(/C=N/n2cn[nH]c2=S)c1. The average Bonchev–Trinajstić information content (AvgIpc) is 2.72. The minimum atomic E-state index is 0.152. The van der Waals surface area contributed by atoms with E-state index in [9.17, 15) is 0 Å². The topological polar surface area (TPSA) is 55.2 Å². The van der Waals surface area contributed by atoms with E-state index in [4.69, 9.17) is 17.0 Å². The van der Waals surface area contributed by atoms with Gasteiger partial charge in [-0.25, -0.2) is 0 Å². The van der Waals surface area contributed by atoms with Crippen LogP contribution in [-0.2, 0) is 0 Å².